The van der Waals surface area contributed by atoms with Gasteiger partial charge in [-0.1, -0.05) is 12.1 Å². The first-order chi connectivity index (χ1) is 16.2. The molecule has 11 nitrogen and oxygen atoms in total. The molecule has 3 aromatic rings. The van der Waals surface area contributed by atoms with Crippen molar-refractivity contribution in [3.63, 3.8) is 0 Å². The van der Waals surface area contributed by atoms with Crippen LogP contribution in [-0.2, 0) is 15.8 Å². The topological polar surface area (TPSA) is 145 Å². The third-order valence-corrected chi connectivity index (χ3v) is 6.77. The van der Waals surface area contributed by atoms with Gasteiger partial charge in [0.15, 0.2) is 5.84 Å². The smallest absolute Gasteiger partial charge is 0.229 e. The van der Waals surface area contributed by atoms with Gasteiger partial charge in [0.1, 0.15) is 5.69 Å². The Hall–Kier alpha value is -3.35. The van der Waals surface area contributed by atoms with Crippen molar-refractivity contribution in [3.05, 3.63) is 60.2 Å². The van der Waals surface area contributed by atoms with Crippen LogP contribution >= 0.6 is 0 Å². The summed E-state index contributed by atoms with van der Waals surface area (Å²) in [5.74, 6) is -0.767. The Labute approximate surface area is 198 Å². The lowest BCUT2D eigenvalue weighted by atomic mass is 10.1. The number of benzene rings is 1. The summed E-state index contributed by atoms with van der Waals surface area (Å²) in [6.07, 6.45) is 8.69. The fourth-order valence-electron chi connectivity index (χ4n) is 4.36. The van der Waals surface area contributed by atoms with Crippen LogP contribution < -0.4 is 21.1 Å². The van der Waals surface area contributed by atoms with E-state index in [0.717, 1.165) is 49.1 Å². The zero-order valence-corrected chi connectivity index (χ0v) is 19.9. The predicted molar refractivity (Wildman–Crippen MR) is 133 cm³/mol. The molecule has 2 aliphatic rings. The summed E-state index contributed by atoms with van der Waals surface area (Å²) in [7, 11) is -1.32. The van der Waals surface area contributed by atoms with E-state index in [4.69, 9.17) is 10.7 Å². The van der Waals surface area contributed by atoms with Gasteiger partial charge in [0.2, 0.25) is 15.8 Å². The molecule has 0 saturated carbocycles. The number of aliphatic imine (C=N–C) groups is 1. The van der Waals surface area contributed by atoms with Gasteiger partial charge in [-0.25, -0.2) is 13.4 Å². The maximum atomic E-state index is 11.8. The van der Waals surface area contributed by atoms with Crippen LogP contribution in [-0.4, -0.2) is 60.3 Å². The number of fused-ring (bicyclic) bond motifs is 1. The Bertz CT molecular complexity index is 1320. The second kappa shape index (κ2) is 8.46. The molecule has 1 aromatic carbocycles. The monoisotopic (exact) mass is 483 g/mol. The number of piperidine rings is 1. The summed E-state index contributed by atoms with van der Waals surface area (Å²) >= 11 is 0. The van der Waals surface area contributed by atoms with Crippen LogP contribution in [0.25, 0.3) is 0 Å². The number of nitrogens with zero attached hydrogens (tertiary/aromatic N) is 4. The third-order valence-electron chi connectivity index (χ3n) is 6.18. The summed E-state index contributed by atoms with van der Waals surface area (Å²) in [6, 6.07) is 9.24. The number of rotatable bonds is 5. The average molecular weight is 484 g/mol. The molecule has 12 heteroatoms. The van der Waals surface area contributed by atoms with E-state index in [1.54, 1.807) is 30.6 Å². The fourth-order valence-corrected chi connectivity index (χ4v) is 4.94. The van der Waals surface area contributed by atoms with E-state index in [2.05, 4.69) is 37.4 Å². The number of aromatic nitrogens is 3. The number of nitrogens with two attached hydrogens (primary N) is 1. The van der Waals surface area contributed by atoms with Crippen LogP contribution in [0.1, 0.15) is 30.1 Å². The van der Waals surface area contributed by atoms with Gasteiger partial charge in [0.05, 0.1) is 41.1 Å². The van der Waals surface area contributed by atoms with E-state index in [9.17, 15) is 8.42 Å². The first-order valence-electron chi connectivity index (χ1n) is 11.1. The van der Waals surface area contributed by atoms with Gasteiger partial charge in [-0.3, -0.25) is 15.1 Å². The third kappa shape index (κ3) is 4.52. The molecule has 2 aliphatic heterocycles. The van der Waals surface area contributed by atoms with Crippen molar-refractivity contribution < 1.29 is 8.42 Å². The highest BCUT2D eigenvalue weighted by atomic mass is 32.2. The van der Waals surface area contributed by atoms with E-state index >= 15 is 0 Å². The Morgan fingerprint density at radius 1 is 1.18 bits per heavy atom. The number of likely N-dealkylation sites (tertiary alicyclic amines) is 1. The van der Waals surface area contributed by atoms with Crippen LogP contribution in [0.15, 0.2) is 53.9 Å². The molecule has 5 rings (SSSR count). The highest BCUT2D eigenvalue weighted by Gasteiger charge is 2.35. The number of sulfonamides is 1. The minimum Gasteiger partial charge on any atom is -0.357 e. The fraction of sp³-hybridized carbons (Fsp3) is 0.364. The molecule has 34 heavy (non-hydrogen) atoms. The Balaban J connectivity index is 1.47. The van der Waals surface area contributed by atoms with Crippen molar-refractivity contribution >= 4 is 32.9 Å². The lowest BCUT2D eigenvalue weighted by Gasteiger charge is -2.32. The van der Waals surface area contributed by atoms with Gasteiger partial charge in [0, 0.05) is 12.4 Å². The van der Waals surface area contributed by atoms with E-state index in [1.807, 2.05) is 23.0 Å². The van der Waals surface area contributed by atoms with Gasteiger partial charge in [-0.2, -0.15) is 5.10 Å². The molecule has 1 atom stereocenters. The number of hydrogen-bond acceptors (Lipinski definition) is 8. The molecular formula is C22H29N9O2S. The first kappa shape index (κ1) is 22.4. The van der Waals surface area contributed by atoms with E-state index in [0.29, 0.717) is 23.3 Å². The number of nitrogens with one attached hydrogen (secondary N) is 4. The van der Waals surface area contributed by atoms with Crippen molar-refractivity contribution in [2.24, 2.45) is 10.7 Å². The van der Waals surface area contributed by atoms with Crippen molar-refractivity contribution in [3.8, 4) is 0 Å². The summed E-state index contributed by atoms with van der Waals surface area (Å²) in [6.45, 7) is 2.07. The summed E-state index contributed by atoms with van der Waals surface area (Å²) in [5, 5.41) is 11.2. The molecule has 6 N–H and O–H groups in total. The van der Waals surface area contributed by atoms with Gasteiger partial charge < -0.3 is 20.5 Å². The van der Waals surface area contributed by atoms with Crippen molar-refractivity contribution in [1.29, 1.82) is 0 Å². The summed E-state index contributed by atoms with van der Waals surface area (Å²) < 4.78 is 28.2. The maximum absolute atomic E-state index is 11.8. The first-order valence-corrected chi connectivity index (χ1v) is 13.0. The minimum absolute atomic E-state index is 0.329. The lowest BCUT2D eigenvalue weighted by Crippen LogP contribution is -2.47. The molecule has 0 radical (unpaired) electrons. The van der Waals surface area contributed by atoms with Crippen LogP contribution in [0.4, 0.5) is 17.1 Å². The number of H-pyrrole nitrogens is 1. The molecule has 2 aromatic heterocycles. The van der Waals surface area contributed by atoms with Gasteiger partial charge >= 0.3 is 0 Å². The number of hydrogen-bond donors (Lipinski definition) is 5. The Morgan fingerprint density at radius 2 is 1.91 bits per heavy atom. The molecule has 0 spiro atoms. The molecular weight excluding hydrogens is 454 g/mol. The predicted octanol–water partition coefficient (Wildman–Crippen LogP) is 1.90. The standard InChI is InChI=1S/C22H29N9O2S/c1-30-11-8-16(9-12-30)31-14-15(13-25-31)22(23)27-19-7-10-24-20(19)21(28-22)26-17-5-3-4-6-18(17)29-34(2,32)33/h3-7,10,13-14,16,24,27,29H,8-9,11-12,23H2,1-2H3,(H,26,28). The second-order valence-electron chi connectivity index (χ2n) is 8.91. The van der Waals surface area contributed by atoms with Gasteiger partial charge in [-0.05, 0) is 51.2 Å². The van der Waals surface area contributed by atoms with E-state index < -0.39 is 15.8 Å². The lowest BCUT2D eigenvalue weighted by molar-refractivity contribution is 0.212. The van der Waals surface area contributed by atoms with Crippen molar-refractivity contribution in [2.45, 2.75) is 24.7 Å². The van der Waals surface area contributed by atoms with Crippen molar-refractivity contribution in [2.75, 3.05) is 41.7 Å². The minimum atomic E-state index is -3.46. The van der Waals surface area contributed by atoms with Crippen molar-refractivity contribution in [1.82, 2.24) is 19.7 Å². The SMILES string of the molecule is CN1CCC(n2cc(C3(N)N=C(Nc4ccccc4NS(C)(=O)=O)c4[nH]ccc4N3)cn2)CC1. The summed E-state index contributed by atoms with van der Waals surface area (Å²) in [5.41, 5.74) is 9.98. The molecule has 1 fully saturated rings. The molecule has 4 heterocycles. The largest absolute Gasteiger partial charge is 0.357 e. The molecule has 0 aliphatic carbocycles. The Morgan fingerprint density at radius 3 is 2.65 bits per heavy atom. The number of anilines is 3. The molecule has 1 saturated heterocycles. The van der Waals surface area contributed by atoms with E-state index in [-0.39, 0.29) is 0 Å². The zero-order chi connectivity index (χ0) is 23.9. The van der Waals surface area contributed by atoms with Crippen LogP contribution in [0.5, 0.6) is 0 Å². The molecule has 0 bridgehead atoms. The van der Waals surface area contributed by atoms with Crippen LogP contribution in [0.2, 0.25) is 0 Å². The Kier molecular flexibility index (Phi) is 5.58. The zero-order valence-electron chi connectivity index (χ0n) is 19.1. The second-order valence-corrected chi connectivity index (χ2v) is 10.7. The average Bonchev–Trinajstić information content (AvgIpc) is 3.45. The highest BCUT2D eigenvalue weighted by Crippen LogP contribution is 2.33. The molecule has 180 valence electrons. The van der Waals surface area contributed by atoms with Crippen LogP contribution in [0, 0.1) is 0 Å². The van der Waals surface area contributed by atoms with Gasteiger partial charge in [0.25, 0.3) is 0 Å². The van der Waals surface area contributed by atoms with Crippen LogP contribution in [0.3, 0.4) is 0 Å². The maximum Gasteiger partial charge on any atom is 0.229 e. The molecule has 1 unspecified atom stereocenters. The van der Waals surface area contributed by atoms with Gasteiger partial charge in [-0.15, -0.1) is 0 Å². The molecule has 0 amide bonds. The highest BCUT2D eigenvalue weighted by molar-refractivity contribution is 7.92. The number of aromatic amines is 1. The summed E-state index contributed by atoms with van der Waals surface area (Å²) in [4.78, 5) is 10.3. The number of para-hydroxylation sites is 2. The number of amidine groups is 1. The van der Waals surface area contributed by atoms with E-state index in [1.165, 1.54) is 0 Å². The quantitative estimate of drug-likeness (QED) is 0.373. The normalized spacial score (nSPS) is 21.4.